The summed E-state index contributed by atoms with van der Waals surface area (Å²) in [5.74, 6) is 0.550. The molecule has 3 atom stereocenters. The van der Waals surface area contributed by atoms with Gasteiger partial charge in [0.1, 0.15) is 5.82 Å². The molecule has 2 N–H and O–H groups in total. The maximum atomic E-state index is 13.7. The van der Waals surface area contributed by atoms with E-state index in [2.05, 4.69) is 19.2 Å². The van der Waals surface area contributed by atoms with Crippen LogP contribution in [0.25, 0.3) is 0 Å². The number of amides is 1. The molecule has 1 amide bonds. The average molecular weight is 307 g/mol. The molecule has 0 spiro atoms. The molecule has 1 saturated carbocycles. The standard InChI is InChI=1S/C18H26FNO2/c1-12(2)9-13(7-8-21)11-20-18(22)16-10-15(16)14-5-3-4-6-17(14)19/h3-6,12-13,15-16,21H,7-11H2,1-2H3,(H,20,22). The lowest BCUT2D eigenvalue weighted by Crippen LogP contribution is -2.31. The van der Waals surface area contributed by atoms with Gasteiger partial charge in [0.25, 0.3) is 0 Å². The predicted molar refractivity (Wildman–Crippen MR) is 84.9 cm³/mol. The topological polar surface area (TPSA) is 49.3 Å². The van der Waals surface area contributed by atoms with E-state index in [1.54, 1.807) is 12.1 Å². The molecule has 1 aromatic rings. The minimum Gasteiger partial charge on any atom is -0.396 e. The summed E-state index contributed by atoms with van der Waals surface area (Å²) in [5.41, 5.74) is 0.650. The average Bonchev–Trinajstić information content (AvgIpc) is 3.25. The van der Waals surface area contributed by atoms with Crippen LogP contribution < -0.4 is 5.32 Å². The minimum atomic E-state index is -0.222. The molecule has 0 saturated heterocycles. The maximum absolute atomic E-state index is 13.7. The Morgan fingerprint density at radius 2 is 2.14 bits per heavy atom. The molecule has 1 aliphatic rings. The SMILES string of the molecule is CC(C)CC(CCO)CNC(=O)C1CC1c1ccccc1F. The Bertz CT molecular complexity index is 504. The van der Waals surface area contributed by atoms with E-state index >= 15 is 0 Å². The minimum absolute atomic E-state index is 0.0138. The number of carbonyl (C=O) groups excluding carboxylic acids is 1. The van der Waals surface area contributed by atoms with Crippen LogP contribution in [-0.2, 0) is 4.79 Å². The summed E-state index contributed by atoms with van der Waals surface area (Å²) in [5, 5.41) is 12.1. The van der Waals surface area contributed by atoms with Gasteiger partial charge in [0.05, 0.1) is 0 Å². The van der Waals surface area contributed by atoms with Gasteiger partial charge in [-0.15, -0.1) is 0 Å². The lowest BCUT2D eigenvalue weighted by atomic mass is 9.94. The van der Waals surface area contributed by atoms with Gasteiger partial charge in [-0.1, -0.05) is 32.0 Å². The predicted octanol–water partition coefficient (Wildman–Crippen LogP) is 3.09. The van der Waals surface area contributed by atoms with Crippen molar-refractivity contribution in [3.8, 4) is 0 Å². The monoisotopic (exact) mass is 307 g/mol. The third kappa shape index (κ3) is 4.54. The molecule has 0 bridgehead atoms. The van der Waals surface area contributed by atoms with Gasteiger partial charge >= 0.3 is 0 Å². The molecule has 122 valence electrons. The molecule has 4 heteroatoms. The fourth-order valence-corrected chi connectivity index (χ4v) is 3.13. The Morgan fingerprint density at radius 1 is 1.41 bits per heavy atom. The van der Waals surface area contributed by atoms with E-state index in [9.17, 15) is 9.18 Å². The van der Waals surface area contributed by atoms with Crippen LogP contribution in [-0.4, -0.2) is 24.2 Å². The van der Waals surface area contributed by atoms with Crippen molar-refractivity contribution in [2.45, 2.75) is 39.0 Å². The normalized spacial score (nSPS) is 21.7. The number of aliphatic hydroxyl groups is 1. The van der Waals surface area contributed by atoms with Crippen LogP contribution in [0.3, 0.4) is 0 Å². The highest BCUT2D eigenvalue weighted by atomic mass is 19.1. The van der Waals surface area contributed by atoms with Crippen LogP contribution in [0.5, 0.6) is 0 Å². The van der Waals surface area contributed by atoms with Gasteiger partial charge in [0, 0.05) is 19.1 Å². The number of hydrogen-bond acceptors (Lipinski definition) is 2. The fraction of sp³-hybridized carbons (Fsp3) is 0.611. The van der Waals surface area contributed by atoms with Gasteiger partial charge in [0.2, 0.25) is 5.91 Å². The van der Waals surface area contributed by atoms with Gasteiger partial charge in [-0.25, -0.2) is 4.39 Å². The lowest BCUT2D eigenvalue weighted by Gasteiger charge is -2.18. The molecule has 2 rings (SSSR count). The Morgan fingerprint density at radius 3 is 2.77 bits per heavy atom. The highest BCUT2D eigenvalue weighted by Gasteiger charge is 2.45. The number of aliphatic hydroxyl groups excluding tert-OH is 1. The van der Waals surface area contributed by atoms with Crippen molar-refractivity contribution in [2.75, 3.05) is 13.2 Å². The van der Waals surface area contributed by atoms with E-state index in [1.165, 1.54) is 6.07 Å². The summed E-state index contributed by atoms with van der Waals surface area (Å²) in [6.07, 6.45) is 2.42. The number of benzene rings is 1. The first-order valence-electron chi connectivity index (χ1n) is 8.16. The second-order valence-electron chi connectivity index (χ2n) is 6.72. The summed E-state index contributed by atoms with van der Waals surface area (Å²) in [4.78, 5) is 12.2. The smallest absolute Gasteiger partial charge is 0.223 e. The Balaban J connectivity index is 1.82. The van der Waals surface area contributed by atoms with E-state index in [0.717, 1.165) is 12.8 Å². The molecule has 1 fully saturated rings. The zero-order valence-corrected chi connectivity index (χ0v) is 13.4. The first-order chi connectivity index (χ1) is 10.5. The van der Waals surface area contributed by atoms with Gasteiger partial charge in [-0.05, 0) is 48.6 Å². The highest BCUT2D eigenvalue weighted by molar-refractivity contribution is 5.82. The molecule has 0 aliphatic heterocycles. The van der Waals surface area contributed by atoms with Crippen molar-refractivity contribution in [3.05, 3.63) is 35.6 Å². The second kappa shape index (κ2) is 7.73. The maximum Gasteiger partial charge on any atom is 0.223 e. The summed E-state index contributed by atoms with van der Waals surface area (Å²) in [7, 11) is 0. The number of rotatable bonds is 8. The summed E-state index contributed by atoms with van der Waals surface area (Å²) in [6, 6.07) is 6.69. The molecule has 0 radical (unpaired) electrons. The zero-order chi connectivity index (χ0) is 16.1. The number of halogens is 1. The number of carbonyl (C=O) groups is 1. The lowest BCUT2D eigenvalue weighted by molar-refractivity contribution is -0.122. The summed E-state index contributed by atoms with van der Waals surface area (Å²) in [6.45, 7) is 5.02. The van der Waals surface area contributed by atoms with E-state index in [1.807, 2.05) is 6.07 Å². The van der Waals surface area contributed by atoms with Crippen molar-refractivity contribution in [2.24, 2.45) is 17.8 Å². The third-order valence-electron chi connectivity index (χ3n) is 4.34. The van der Waals surface area contributed by atoms with Gasteiger partial charge in [0.15, 0.2) is 0 Å². The molecule has 22 heavy (non-hydrogen) atoms. The van der Waals surface area contributed by atoms with Crippen molar-refractivity contribution in [1.82, 2.24) is 5.32 Å². The van der Waals surface area contributed by atoms with Crippen molar-refractivity contribution in [1.29, 1.82) is 0 Å². The van der Waals surface area contributed by atoms with E-state index in [4.69, 9.17) is 5.11 Å². The summed E-state index contributed by atoms with van der Waals surface area (Å²) >= 11 is 0. The van der Waals surface area contributed by atoms with Crippen LogP contribution in [0.1, 0.15) is 44.6 Å². The molecular weight excluding hydrogens is 281 g/mol. The second-order valence-corrected chi connectivity index (χ2v) is 6.72. The van der Waals surface area contributed by atoms with Crippen LogP contribution in [0, 0.1) is 23.6 Å². The van der Waals surface area contributed by atoms with E-state index in [-0.39, 0.29) is 30.2 Å². The Hall–Kier alpha value is -1.42. The quantitative estimate of drug-likeness (QED) is 0.775. The van der Waals surface area contributed by atoms with Crippen molar-refractivity contribution < 1.29 is 14.3 Å². The van der Waals surface area contributed by atoms with Crippen molar-refractivity contribution in [3.63, 3.8) is 0 Å². The largest absolute Gasteiger partial charge is 0.396 e. The van der Waals surface area contributed by atoms with Gasteiger partial charge in [-0.3, -0.25) is 4.79 Å². The third-order valence-corrected chi connectivity index (χ3v) is 4.34. The molecule has 3 nitrogen and oxygen atoms in total. The molecule has 0 heterocycles. The highest BCUT2D eigenvalue weighted by Crippen LogP contribution is 2.48. The van der Waals surface area contributed by atoms with Crippen LogP contribution in [0.2, 0.25) is 0 Å². The molecule has 1 aromatic carbocycles. The number of nitrogens with one attached hydrogen (secondary N) is 1. The Kier molecular flexibility index (Phi) is 5.95. The first-order valence-corrected chi connectivity index (χ1v) is 8.16. The first kappa shape index (κ1) is 16.9. The molecule has 3 unspecified atom stereocenters. The van der Waals surface area contributed by atoms with Gasteiger partial charge < -0.3 is 10.4 Å². The molecule has 1 aliphatic carbocycles. The van der Waals surface area contributed by atoms with E-state index in [0.29, 0.717) is 30.4 Å². The Labute approximate surface area is 131 Å². The van der Waals surface area contributed by atoms with E-state index < -0.39 is 0 Å². The van der Waals surface area contributed by atoms with Gasteiger partial charge in [-0.2, -0.15) is 0 Å². The van der Waals surface area contributed by atoms with Crippen LogP contribution in [0.15, 0.2) is 24.3 Å². The molecule has 0 aromatic heterocycles. The fourth-order valence-electron chi connectivity index (χ4n) is 3.13. The van der Waals surface area contributed by atoms with Crippen LogP contribution >= 0.6 is 0 Å². The summed E-state index contributed by atoms with van der Waals surface area (Å²) < 4.78 is 13.7. The van der Waals surface area contributed by atoms with Crippen LogP contribution in [0.4, 0.5) is 4.39 Å². The molecular formula is C18H26FNO2. The zero-order valence-electron chi connectivity index (χ0n) is 13.4. The number of hydrogen-bond donors (Lipinski definition) is 2. The van der Waals surface area contributed by atoms with Crippen molar-refractivity contribution >= 4 is 5.91 Å².